The number of unbranched alkanes of at least 4 members (excludes halogenated alkanes) is 3. The van der Waals surface area contributed by atoms with E-state index in [1.54, 1.807) is 0 Å². The van der Waals surface area contributed by atoms with Crippen LogP contribution < -0.4 is 10.6 Å². The first kappa shape index (κ1) is 26.0. The van der Waals surface area contributed by atoms with Gasteiger partial charge in [-0.25, -0.2) is 0 Å². The van der Waals surface area contributed by atoms with E-state index >= 15 is 0 Å². The highest BCUT2D eigenvalue weighted by Crippen LogP contribution is 2.17. The van der Waals surface area contributed by atoms with Crippen LogP contribution in [-0.2, 0) is 22.9 Å². The molecule has 0 saturated heterocycles. The first-order valence-corrected chi connectivity index (χ1v) is 12.4. The maximum Gasteiger partial charge on any atom is 0.500 e. The van der Waals surface area contributed by atoms with Gasteiger partial charge in [0.25, 0.3) is 0 Å². The van der Waals surface area contributed by atoms with E-state index in [-0.39, 0.29) is 24.7 Å². The average Bonchev–Trinajstić information content (AvgIpc) is 2.64. The Kier molecular flexibility index (Phi) is 16.5. The molecule has 0 atom stereocenters. The van der Waals surface area contributed by atoms with E-state index in [2.05, 4.69) is 17.6 Å². The van der Waals surface area contributed by atoms with Crippen LogP contribution in [0.25, 0.3) is 0 Å². The number of amides is 2. The van der Waals surface area contributed by atoms with Gasteiger partial charge in [-0.1, -0.05) is 26.2 Å². The fourth-order valence-corrected chi connectivity index (χ4v) is 5.33. The van der Waals surface area contributed by atoms with Gasteiger partial charge in [0.05, 0.1) is 0 Å². The van der Waals surface area contributed by atoms with Gasteiger partial charge in [0.2, 0.25) is 11.8 Å². The molecule has 0 aromatic heterocycles. The van der Waals surface area contributed by atoms with Crippen LogP contribution in [0.1, 0.15) is 72.6 Å². The Balaban J connectivity index is 3.95. The van der Waals surface area contributed by atoms with Gasteiger partial charge in [-0.15, -0.1) is 0 Å². The molecule has 0 spiro atoms. The van der Waals surface area contributed by atoms with E-state index in [0.29, 0.717) is 39.0 Å². The summed E-state index contributed by atoms with van der Waals surface area (Å²) in [5.41, 5.74) is 0. The second-order valence-electron chi connectivity index (χ2n) is 6.35. The van der Waals surface area contributed by atoms with E-state index in [4.69, 9.17) is 13.3 Å². The molecule has 0 rings (SSSR count). The summed E-state index contributed by atoms with van der Waals surface area (Å²) in [5, 5.41) is 5.72. The van der Waals surface area contributed by atoms with E-state index in [1.807, 2.05) is 20.8 Å². The van der Waals surface area contributed by atoms with Crippen LogP contribution in [0.3, 0.4) is 0 Å². The van der Waals surface area contributed by atoms with Gasteiger partial charge in [0, 0.05) is 51.8 Å². The molecule has 0 unspecified atom stereocenters. The topological polar surface area (TPSA) is 85.9 Å². The quantitative estimate of drug-likeness (QED) is 0.271. The molecule has 160 valence electrons. The first-order valence-electron chi connectivity index (χ1n) is 10.5. The summed E-state index contributed by atoms with van der Waals surface area (Å²) in [4.78, 5) is 23.6. The molecule has 0 radical (unpaired) electrons. The maximum atomic E-state index is 11.9. The molecule has 0 aliphatic carbocycles. The number of carbonyl (C=O) groups is 2. The highest BCUT2D eigenvalue weighted by molar-refractivity contribution is 6.60. The highest BCUT2D eigenvalue weighted by atomic mass is 28.4. The molecule has 0 bridgehead atoms. The number of hydrogen-bond donors (Lipinski definition) is 2. The van der Waals surface area contributed by atoms with Gasteiger partial charge >= 0.3 is 8.80 Å². The summed E-state index contributed by atoms with van der Waals surface area (Å²) in [6.45, 7) is 10.8. The van der Waals surface area contributed by atoms with Crippen LogP contribution in [0, 0.1) is 0 Å². The fourth-order valence-electron chi connectivity index (χ4n) is 2.72. The Hall–Kier alpha value is -0.963. The van der Waals surface area contributed by atoms with E-state index in [0.717, 1.165) is 19.3 Å². The third kappa shape index (κ3) is 13.8. The predicted octanol–water partition coefficient (Wildman–Crippen LogP) is 3.02. The van der Waals surface area contributed by atoms with Gasteiger partial charge in [0.1, 0.15) is 0 Å². The molecule has 0 fully saturated rings. The van der Waals surface area contributed by atoms with Gasteiger partial charge in [-0.3, -0.25) is 9.59 Å². The smallest absolute Gasteiger partial charge is 0.374 e. The van der Waals surface area contributed by atoms with Crippen molar-refractivity contribution in [3.63, 3.8) is 0 Å². The average molecular weight is 405 g/mol. The SMILES string of the molecule is CCCCCCNC(=O)CCC(=O)NCCC[Si](OCC)(OCC)OCC. The van der Waals surface area contributed by atoms with Crippen LogP contribution in [-0.4, -0.2) is 53.5 Å². The summed E-state index contributed by atoms with van der Waals surface area (Å²) in [7, 11) is -2.64. The monoisotopic (exact) mass is 404 g/mol. The van der Waals surface area contributed by atoms with Gasteiger partial charge < -0.3 is 23.9 Å². The fraction of sp³-hybridized carbons (Fsp3) is 0.895. The second-order valence-corrected chi connectivity index (χ2v) is 9.08. The largest absolute Gasteiger partial charge is 0.500 e. The Morgan fingerprint density at radius 1 is 0.704 bits per heavy atom. The molecule has 0 aromatic carbocycles. The minimum Gasteiger partial charge on any atom is -0.374 e. The van der Waals surface area contributed by atoms with Crippen LogP contribution in [0.2, 0.25) is 6.04 Å². The van der Waals surface area contributed by atoms with E-state index in [9.17, 15) is 9.59 Å². The summed E-state index contributed by atoms with van der Waals surface area (Å²) < 4.78 is 17.4. The molecule has 2 amide bonds. The molecule has 0 aliphatic heterocycles. The zero-order valence-electron chi connectivity index (χ0n) is 17.7. The standard InChI is InChI=1S/C19H40N2O5Si/c1-5-9-10-11-15-20-18(22)13-14-19(23)21-16-12-17-27(24-6-2,25-7-3)26-8-4/h5-17H2,1-4H3,(H,20,22)(H,21,23). The Bertz CT molecular complexity index is 379. The lowest BCUT2D eigenvalue weighted by atomic mass is 10.2. The molecule has 0 heterocycles. The van der Waals surface area contributed by atoms with Crippen molar-refractivity contribution < 1.29 is 22.9 Å². The summed E-state index contributed by atoms with van der Waals surface area (Å²) >= 11 is 0. The minimum atomic E-state index is -2.64. The van der Waals surface area contributed by atoms with Crippen molar-refractivity contribution in [2.45, 2.75) is 78.7 Å². The number of rotatable bonds is 18. The maximum absolute atomic E-state index is 11.9. The molecule has 7 nitrogen and oxygen atoms in total. The van der Waals surface area contributed by atoms with Crippen molar-refractivity contribution >= 4 is 20.6 Å². The second kappa shape index (κ2) is 17.2. The molecule has 0 saturated carbocycles. The molecular formula is C19H40N2O5Si. The van der Waals surface area contributed by atoms with Crippen molar-refractivity contribution in [2.24, 2.45) is 0 Å². The summed E-state index contributed by atoms with van der Waals surface area (Å²) in [5.74, 6) is -0.162. The van der Waals surface area contributed by atoms with Crippen LogP contribution in [0.4, 0.5) is 0 Å². The molecule has 0 aromatic rings. The van der Waals surface area contributed by atoms with Crippen molar-refractivity contribution in [2.75, 3.05) is 32.9 Å². The van der Waals surface area contributed by atoms with Crippen molar-refractivity contribution in [3.05, 3.63) is 0 Å². The molecule has 8 heteroatoms. The lowest BCUT2D eigenvalue weighted by Crippen LogP contribution is -2.46. The van der Waals surface area contributed by atoms with Crippen molar-refractivity contribution in [1.82, 2.24) is 10.6 Å². The number of hydrogen-bond acceptors (Lipinski definition) is 5. The van der Waals surface area contributed by atoms with Gasteiger partial charge in [0.15, 0.2) is 0 Å². The molecule has 0 aliphatic rings. The first-order chi connectivity index (χ1) is 13.0. The molecule has 2 N–H and O–H groups in total. The Morgan fingerprint density at radius 2 is 1.19 bits per heavy atom. The zero-order chi connectivity index (χ0) is 20.4. The Morgan fingerprint density at radius 3 is 1.63 bits per heavy atom. The number of carbonyl (C=O) groups excluding carboxylic acids is 2. The Labute approximate surface area is 166 Å². The predicted molar refractivity (Wildman–Crippen MR) is 109 cm³/mol. The zero-order valence-corrected chi connectivity index (χ0v) is 18.7. The lowest BCUT2D eigenvalue weighted by molar-refractivity contribution is -0.126. The third-order valence-electron chi connectivity index (χ3n) is 4.01. The lowest BCUT2D eigenvalue weighted by Gasteiger charge is -2.28. The highest BCUT2D eigenvalue weighted by Gasteiger charge is 2.39. The van der Waals surface area contributed by atoms with Crippen molar-refractivity contribution in [1.29, 1.82) is 0 Å². The van der Waals surface area contributed by atoms with E-state index in [1.165, 1.54) is 12.8 Å². The van der Waals surface area contributed by atoms with Crippen LogP contribution >= 0.6 is 0 Å². The van der Waals surface area contributed by atoms with Crippen LogP contribution in [0.5, 0.6) is 0 Å². The molecular weight excluding hydrogens is 364 g/mol. The van der Waals surface area contributed by atoms with Crippen molar-refractivity contribution in [3.8, 4) is 0 Å². The third-order valence-corrected chi connectivity index (χ3v) is 7.16. The van der Waals surface area contributed by atoms with Gasteiger partial charge in [-0.2, -0.15) is 0 Å². The van der Waals surface area contributed by atoms with E-state index < -0.39 is 8.80 Å². The normalized spacial score (nSPS) is 11.4. The van der Waals surface area contributed by atoms with Crippen LogP contribution in [0.15, 0.2) is 0 Å². The summed E-state index contributed by atoms with van der Waals surface area (Å²) in [6, 6.07) is 0.668. The van der Waals surface area contributed by atoms with Gasteiger partial charge in [-0.05, 0) is 33.6 Å². The minimum absolute atomic E-state index is 0.0582. The summed E-state index contributed by atoms with van der Waals surface area (Å²) in [6.07, 6.45) is 5.67. The number of nitrogens with one attached hydrogen (secondary N) is 2. The molecule has 27 heavy (non-hydrogen) atoms.